The quantitative estimate of drug-likeness (QED) is 0.153. The Morgan fingerprint density at radius 1 is 1.02 bits per heavy atom. The summed E-state index contributed by atoms with van der Waals surface area (Å²) < 4.78 is 23.5. The van der Waals surface area contributed by atoms with E-state index in [1.807, 2.05) is 24.4 Å². The fourth-order valence-electron chi connectivity index (χ4n) is 11.8. The molecule has 64 heavy (non-hydrogen) atoms. The molecule has 2 aromatic heterocycles. The SMILES string of the molecule is CCn1c(-c2cccnc2C(C)C)c2c3cc(ccc31)-c1cc(CF)cc(c1)C[C@H](NC(=O)[C@H](C1CCCC1)N1CC[C@]3(CCNC3)C1)C(=O)N1CCC[C@H](N1)C(=O)OCC(C)(C)C2. The average Bonchev–Trinajstić information content (AvgIpc) is 4.13. The molecule has 12 heteroatoms. The molecule has 4 atom stereocenters. The predicted octanol–water partition coefficient (Wildman–Crippen LogP) is 7.88. The van der Waals surface area contributed by atoms with Gasteiger partial charge in [-0.05, 0) is 140 Å². The summed E-state index contributed by atoms with van der Waals surface area (Å²) in [7, 11) is 0. The van der Waals surface area contributed by atoms with Gasteiger partial charge in [0.05, 0.1) is 24.0 Å². The Bertz CT molecular complexity index is 2380. The number of aromatic nitrogens is 2. The fourth-order valence-corrected chi connectivity index (χ4v) is 11.8. The fraction of sp³-hybridized carbons (Fsp3) is 0.577. The number of nitrogens with one attached hydrogen (secondary N) is 3. The minimum absolute atomic E-state index is 0.115. The summed E-state index contributed by atoms with van der Waals surface area (Å²) in [4.78, 5) is 51.1. The molecule has 4 aromatic rings. The van der Waals surface area contributed by atoms with Crippen LogP contribution >= 0.6 is 0 Å². The van der Waals surface area contributed by atoms with Gasteiger partial charge in [-0.25, -0.2) is 9.82 Å². The Morgan fingerprint density at radius 2 is 1.84 bits per heavy atom. The van der Waals surface area contributed by atoms with E-state index in [2.05, 4.69) is 90.5 Å². The monoisotopic (exact) mass is 874 g/mol. The maximum Gasteiger partial charge on any atom is 0.324 e. The molecule has 4 fully saturated rings. The molecule has 6 heterocycles. The molecule has 1 spiro atoms. The number of fused-ring (bicyclic) bond motifs is 6. The van der Waals surface area contributed by atoms with Crippen LogP contribution in [0.25, 0.3) is 33.3 Å². The van der Waals surface area contributed by atoms with Crippen molar-refractivity contribution in [3.63, 3.8) is 0 Å². The van der Waals surface area contributed by atoms with Crippen LogP contribution in [0.2, 0.25) is 0 Å². The Morgan fingerprint density at radius 3 is 2.59 bits per heavy atom. The van der Waals surface area contributed by atoms with Crippen molar-refractivity contribution in [3.05, 3.63) is 77.1 Å². The van der Waals surface area contributed by atoms with Crippen molar-refractivity contribution in [1.82, 2.24) is 35.5 Å². The molecular weight excluding hydrogens is 806 g/mol. The van der Waals surface area contributed by atoms with Gasteiger partial charge in [0.2, 0.25) is 5.91 Å². The lowest BCUT2D eigenvalue weighted by Crippen LogP contribution is -2.62. The smallest absolute Gasteiger partial charge is 0.324 e. The second-order valence-corrected chi connectivity index (χ2v) is 20.7. The number of likely N-dealkylation sites (tertiary alicyclic amines) is 1. The van der Waals surface area contributed by atoms with Crippen molar-refractivity contribution in [2.24, 2.45) is 16.7 Å². The Kier molecular flexibility index (Phi) is 12.8. The lowest BCUT2D eigenvalue weighted by Gasteiger charge is -2.37. The second kappa shape index (κ2) is 18.3. The number of ether oxygens (including phenoxy) is 1. The first-order valence-electron chi connectivity index (χ1n) is 24.1. The molecule has 5 aliphatic rings. The standard InChI is InChI=1S/C52H68FN7O4/c1-6-59-44-16-15-37-27-40(44)41(47(59)39-13-9-19-55-45(39)33(2)3)28-51(4,5)32-64-50(63)42-14-10-21-60(57-42)49(62)43(26-34-23-35(29-53)25-38(37)24-34)56-48(61)46(36-11-7-8-12-36)58-22-18-52(31-58)17-20-54-30-52/h9,13,15-16,19,23-25,27,33,36,42-43,46,54,57H,6-8,10-12,14,17-18,20-22,26,28-32H2,1-5H3,(H,56,61)/t42-,43-,46-,52-/m0/s1. The summed E-state index contributed by atoms with van der Waals surface area (Å²) in [5.74, 6) is -0.411. The molecule has 3 N–H and O–H groups in total. The minimum atomic E-state index is -0.950. The summed E-state index contributed by atoms with van der Waals surface area (Å²) in [6.45, 7) is 15.1. The van der Waals surface area contributed by atoms with Crippen LogP contribution in [-0.2, 0) is 45.2 Å². The molecule has 0 radical (unpaired) electrons. The molecule has 2 amide bonds. The Hall–Kier alpha value is -4.65. The van der Waals surface area contributed by atoms with E-state index in [-0.39, 0.29) is 48.1 Å². The van der Waals surface area contributed by atoms with E-state index in [1.54, 1.807) is 0 Å². The number of hydrogen-bond donors (Lipinski definition) is 3. The highest BCUT2D eigenvalue weighted by atomic mass is 19.1. The van der Waals surface area contributed by atoms with E-state index >= 15 is 0 Å². The van der Waals surface area contributed by atoms with Crippen molar-refractivity contribution in [3.8, 4) is 22.4 Å². The number of alkyl halides is 1. The van der Waals surface area contributed by atoms with Gasteiger partial charge >= 0.3 is 5.97 Å². The van der Waals surface area contributed by atoms with E-state index < -0.39 is 30.1 Å². The van der Waals surface area contributed by atoms with Crippen molar-refractivity contribution in [2.45, 2.75) is 136 Å². The maximum absolute atomic E-state index is 15.0. The van der Waals surface area contributed by atoms with E-state index in [0.717, 1.165) is 121 Å². The molecule has 1 aliphatic carbocycles. The van der Waals surface area contributed by atoms with Gasteiger partial charge in [-0.2, -0.15) is 0 Å². The molecule has 11 nitrogen and oxygen atoms in total. The first kappa shape index (κ1) is 44.5. The number of esters is 1. The summed E-state index contributed by atoms with van der Waals surface area (Å²) >= 11 is 0. The zero-order valence-electron chi connectivity index (χ0n) is 38.6. The van der Waals surface area contributed by atoms with Crippen LogP contribution in [0.1, 0.15) is 114 Å². The Balaban J connectivity index is 1.14. The third-order valence-electron chi connectivity index (χ3n) is 15.0. The van der Waals surface area contributed by atoms with Crippen LogP contribution in [0.15, 0.2) is 54.7 Å². The minimum Gasteiger partial charge on any atom is -0.464 e. The molecule has 1 saturated carbocycles. The molecular formula is C52H68FN7O4. The van der Waals surface area contributed by atoms with E-state index in [0.29, 0.717) is 31.4 Å². The van der Waals surface area contributed by atoms with Crippen LogP contribution in [0.3, 0.4) is 0 Å². The van der Waals surface area contributed by atoms with Crippen LogP contribution in [0, 0.1) is 16.7 Å². The normalized spacial score (nSPS) is 25.0. The third-order valence-corrected chi connectivity index (χ3v) is 15.0. The number of pyridine rings is 1. The van der Waals surface area contributed by atoms with Gasteiger partial charge in [-0.15, -0.1) is 0 Å². The van der Waals surface area contributed by atoms with Gasteiger partial charge in [-0.1, -0.05) is 58.7 Å². The molecule has 6 bridgehead atoms. The number of carbonyl (C=O) groups excluding carboxylic acids is 3. The zero-order chi connectivity index (χ0) is 44.8. The largest absolute Gasteiger partial charge is 0.464 e. The van der Waals surface area contributed by atoms with Gasteiger partial charge < -0.3 is 19.9 Å². The van der Waals surface area contributed by atoms with Crippen molar-refractivity contribution in [1.29, 1.82) is 0 Å². The zero-order valence-corrected chi connectivity index (χ0v) is 38.6. The molecule has 2 aromatic carbocycles. The molecule has 4 aliphatic heterocycles. The Labute approximate surface area is 378 Å². The van der Waals surface area contributed by atoms with Crippen molar-refractivity contribution >= 4 is 28.7 Å². The van der Waals surface area contributed by atoms with Crippen LogP contribution in [-0.4, -0.2) is 94.7 Å². The lowest BCUT2D eigenvalue weighted by molar-refractivity contribution is -0.155. The summed E-state index contributed by atoms with van der Waals surface area (Å²) in [6, 6.07) is 14.5. The molecule has 342 valence electrons. The van der Waals surface area contributed by atoms with Gasteiger partial charge in [0, 0.05) is 60.7 Å². The molecule has 0 unspecified atom stereocenters. The van der Waals surface area contributed by atoms with Gasteiger partial charge in [0.25, 0.3) is 5.91 Å². The highest BCUT2D eigenvalue weighted by Gasteiger charge is 2.47. The van der Waals surface area contributed by atoms with E-state index in [4.69, 9.17) is 9.72 Å². The number of cyclic esters (lactones) is 1. The third kappa shape index (κ3) is 8.86. The lowest BCUT2D eigenvalue weighted by atomic mass is 9.83. The number of amides is 2. The average molecular weight is 874 g/mol. The number of hydrazine groups is 1. The van der Waals surface area contributed by atoms with Crippen molar-refractivity contribution in [2.75, 3.05) is 39.3 Å². The van der Waals surface area contributed by atoms with Crippen LogP contribution in [0.5, 0.6) is 0 Å². The van der Waals surface area contributed by atoms with Gasteiger partial charge in [-0.3, -0.25) is 29.3 Å². The van der Waals surface area contributed by atoms with Gasteiger partial charge in [0.15, 0.2) is 0 Å². The number of aryl methyl sites for hydroxylation is 1. The number of hydrogen-bond acceptors (Lipinski definition) is 8. The van der Waals surface area contributed by atoms with E-state index in [9.17, 15) is 18.8 Å². The number of carbonyl (C=O) groups is 3. The number of benzene rings is 2. The summed E-state index contributed by atoms with van der Waals surface area (Å²) in [5, 5.41) is 9.48. The number of rotatable bonds is 8. The van der Waals surface area contributed by atoms with Gasteiger partial charge in [0.1, 0.15) is 18.8 Å². The number of halogens is 1. The highest BCUT2D eigenvalue weighted by Crippen LogP contribution is 2.43. The topological polar surface area (TPSA) is 121 Å². The predicted molar refractivity (Wildman–Crippen MR) is 249 cm³/mol. The summed E-state index contributed by atoms with van der Waals surface area (Å²) in [6.07, 6.45) is 10.1. The maximum atomic E-state index is 15.0. The van der Waals surface area contributed by atoms with Crippen LogP contribution in [0.4, 0.5) is 4.39 Å². The first-order chi connectivity index (χ1) is 30.9. The second-order valence-electron chi connectivity index (χ2n) is 20.7. The molecule has 9 rings (SSSR count). The van der Waals surface area contributed by atoms with Crippen molar-refractivity contribution < 1.29 is 23.5 Å². The summed E-state index contributed by atoms with van der Waals surface area (Å²) in [5.41, 5.74) is 11.5. The highest BCUT2D eigenvalue weighted by molar-refractivity contribution is 5.95. The first-order valence-corrected chi connectivity index (χ1v) is 24.1. The number of nitrogens with zero attached hydrogens (tertiary/aromatic N) is 4. The molecule has 3 saturated heterocycles. The van der Waals surface area contributed by atoms with Crippen LogP contribution < -0.4 is 16.1 Å². The van der Waals surface area contributed by atoms with E-state index in [1.165, 1.54) is 5.01 Å².